The van der Waals surface area contributed by atoms with E-state index in [1.165, 1.54) is 36.8 Å². The Morgan fingerprint density at radius 1 is 1.25 bits per heavy atom. The highest BCUT2D eigenvalue weighted by Gasteiger charge is 2.15. The number of hydrogen-bond donors (Lipinski definition) is 1. The van der Waals surface area contributed by atoms with Crippen molar-refractivity contribution in [2.24, 2.45) is 5.10 Å². The number of hydrogen-bond acceptors (Lipinski definition) is 8. The average molecular weight is 394 g/mol. The summed E-state index contributed by atoms with van der Waals surface area (Å²) in [7, 11) is 1.50. The smallest absolute Gasteiger partial charge is 0.270 e. The van der Waals surface area contributed by atoms with Crippen molar-refractivity contribution in [1.82, 2.24) is 4.98 Å². The summed E-state index contributed by atoms with van der Waals surface area (Å²) in [5.74, 6) is 1.41. The van der Waals surface area contributed by atoms with Gasteiger partial charge in [-0.1, -0.05) is 23.5 Å². The lowest BCUT2D eigenvalue weighted by molar-refractivity contribution is -0.384. The molecule has 1 N–H and O–H groups in total. The van der Waals surface area contributed by atoms with Gasteiger partial charge in [-0.2, -0.15) is 5.10 Å². The number of benzene rings is 2. The molecule has 2 aromatic heterocycles. The van der Waals surface area contributed by atoms with E-state index in [1.807, 2.05) is 24.3 Å². The fourth-order valence-electron chi connectivity index (χ4n) is 2.64. The Morgan fingerprint density at radius 2 is 2.11 bits per heavy atom. The third-order valence-corrected chi connectivity index (χ3v) is 4.87. The number of furan rings is 1. The van der Waals surface area contributed by atoms with E-state index in [1.54, 1.807) is 18.2 Å². The number of fused-ring (bicyclic) bond motifs is 1. The first-order chi connectivity index (χ1) is 13.6. The molecule has 0 aliphatic heterocycles. The zero-order valence-corrected chi connectivity index (χ0v) is 15.5. The quantitative estimate of drug-likeness (QED) is 0.283. The summed E-state index contributed by atoms with van der Waals surface area (Å²) in [4.78, 5) is 15.0. The molecule has 0 spiro atoms. The summed E-state index contributed by atoms with van der Waals surface area (Å²) in [5.41, 5.74) is 4.24. The highest BCUT2D eigenvalue weighted by atomic mass is 32.1. The van der Waals surface area contributed by atoms with E-state index in [4.69, 9.17) is 9.15 Å². The van der Waals surface area contributed by atoms with Gasteiger partial charge in [0.1, 0.15) is 17.3 Å². The van der Waals surface area contributed by atoms with Crippen molar-refractivity contribution in [2.45, 2.75) is 0 Å². The number of nitro benzene ring substituents is 1. The molecule has 0 fully saturated rings. The Hall–Kier alpha value is -3.72. The van der Waals surface area contributed by atoms with Gasteiger partial charge in [0.05, 0.1) is 34.0 Å². The number of anilines is 1. The Balaban J connectivity index is 1.53. The van der Waals surface area contributed by atoms with Crippen LogP contribution >= 0.6 is 11.3 Å². The number of hydrazone groups is 1. The third-order valence-electron chi connectivity index (χ3n) is 3.93. The standard InChI is InChI=1S/C19H14N4O4S/c1-26-16-8-6-12(23(24)25)10-14(16)17-9-7-13(27-17)11-20-22-19-21-15-4-2-3-5-18(15)28-19/h2-11H,1H3,(H,21,22)/b20-11-. The molecule has 2 heterocycles. The van der Waals surface area contributed by atoms with Gasteiger partial charge in [0.25, 0.3) is 5.69 Å². The number of methoxy groups -OCH3 is 1. The molecule has 9 heteroatoms. The van der Waals surface area contributed by atoms with Gasteiger partial charge in [0.15, 0.2) is 0 Å². The van der Waals surface area contributed by atoms with Crippen LogP contribution in [0, 0.1) is 10.1 Å². The number of ether oxygens (including phenoxy) is 1. The summed E-state index contributed by atoms with van der Waals surface area (Å²) in [5, 5.41) is 15.8. The molecule has 4 rings (SSSR count). The predicted molar refractivity (Wildman–Crippen MR) is 108 cm³/mol. The lowest BCUT2D eigenvalue weighted by atomic mass is 10.1. The Kier molecular flexibility index (Phi) is 4.73. The molecule has 0 saturated heterocycles. The van der Waals surface area contributed by atoms with Gasteiger partial charge in [0.2, 0.25) is 5.13 Å². The van der Waals surface area contributed by atoms with Crippen molar-refractivity contribution in [2.75, 3.05) is 12.5 Å². The van der Waals surface area contributed by atoms with Gasteiger partial charge in [-0.15, -0.1) is 0 Å². The number of aromatic nitrogens is 1. The van der Waals surface area contributed by atoms with Gasteiger partial charge in [-0.25, -0.2) is 4.98 Å². The van der Waals surface area contributed by atoms with Gasteiger partial charge < -0.3 is 9.15 Å². The maximum atomic E-state index is 11.0. The van der Waals surface area contributed by atoms with Gasteiger partial charge in [-0.3, -0.25) is 15.5 Å². The van der Waals surface area contributed by atoms with Crippen LogP contribution in [0.3, 0.4) is 0 Å². The molecule has 0 radical (unpaired) electrons. The zero-order chi connectivity index (χ0) is 19.5. The molecule has 4 aromatic rings. The molecule has 0 bridgehead atoms. The number of non-ortho nitro benzene ring substituents is 1. The summed E-state index contributed by atoms with van der Waals surface area (Å²) in [6.45, 7) is 0. The number of nitrogens with zero attached hydrogens (tertiary/aromatic N) is 3. The van der Waals surface area contributed by atoms with Gasteiger partial charge in [0, 0.05) is 12.1 Å². The molecule has 0 atom stereocenters. The Morgan fingerprint density at radius 3 is 2.89 bits per heavy atom. The first-order valence-corrected chi connectivity index (χ1v) is 9.03. The number of para-hydroxylation sites is 1. The molecule has 140 valence electrons. The molecule has 0 unspecified atom stereocenters. The first kappa shape index (κ1) is 17.7. The van der Waals surface area contributed by atoms with Crippen molar-refractivity contribution < 1.29 is 14.1 Å². The van der Waals surface area contributed by atoms with Crippen LogP contribution in [0.1, 0.15) is 5.76 Å². The maximum absolute atomic E-state index is 11.0. The fraction of sp³-hybridized carbons (Fsp3) is 0.0526. The largest absolute Gasteiger partial charge is 0.496 e. The van der Waals surface area contributed by atoms with E-state index in [0.29, 0.717) is 28.0 Å². The van der Waals surface area contributed by atoms with Crippen molar-refractivity contribution >= 4 is 38.6 Å². The molecule has 0 amide bonds. The lowest BCUT2D eigenvalue weighted by Gasteiger charge is -2.05. The second kappa shape index (κ2) is 7.49. The van der Waals surface area contributed by atoms with Crippen molar-refractivity contribution in [1.29, 1.82) is 0 Å². The van der Waals surface area contributed by atoms with Crippen LogP contribution in [0.5, 0.6) is 5.75 Å². The van der Waals surface area contributed by atoms with Gasteiger partial charge in [-0.05, 0) is 30.3 Å². The average Bonchev–Trinajstić information content (AvgIpc) is 3.34. The number of rotatable bonds is 6. The van der Waals surface area contributed by atoms with E-state index in [9.17, 15) is 10.1 Å². The highest BCUT2D eigenvalue weighted by molar-refractivity contribution is 7.22. The molecular formula is C19H14N4O4S. The molecule has 28 heavy (non-hydrogen) atoms. The van der Waals surface area contributed by atoms with Crippen molar-refractivity contribution in [3.05, 3.63) is 70.5 Å². The zero-order valence-electron chi connectivity index (χ0n) is 14.7. The van der Waals surface area contributed by atoms with Crippen LogP contribution in [0.25, 0.3) is 21.5 Å². The molecule has 0 aliphatic rings. The molecule has 0 saturated carbocycles. The van der Waals surface area contributed by atoms with E-state index < -0.39 is 4.92 Å². The van der Waals surface area contributed by atoms with E-state index in [2.05, 4.69) is 15.5 Å². The summed E-state index contributed by atoms with van der Waals surface area (Å²) in [6.07, 6.45) is 1.51. The SMILES string of the molecule is COc1ccc([N+](=O)[O-])cc1-c1ccc(/C=N\Nc2nc3ccccc3s2)o1. The first-order valence-electron chi connectivity index (χ1n) is 8.21. The van der Waals surface area contributed by atoms with Crippen LogP contribution in [-0.4, -0.2) is 23.2 Å². The number of thiazole rings is 1. The minimum Gasteiger partial charge on any atom is -0.496 e. The third kappa shape index (κ3) is 3.55. The second-order valence-corrected chi connectivity index (χ2v) is 6.73. The van der Waals surface area contributed by atoms with Gasteiger partial charge >= 0.3 is 0 Å². The molecule has 0 aliphatic carbocycles. The minimum absolute atomic E-state index is 0.0417. The monoisotopic (exact) mass is 394 g/mol. The van der Waals surface area contributed by atoms with Crippen LogP contribution in [-0.2, 0) is 0 Å². The van der Waals surface area contributed by atoms with Crippen LogP contribution < -0.4 is 10.2 Å². The maximum Gasteiger partial charge on any atom is 0.270 e. The second-order valence-electron chi connectivity index (χ2n) is 5.70. The Bertz CT molecular complexity index is 1150. The van der Waals surface area contributed by atoms with E-state index in [0.717, 1.165) is 10.2 Å². The van der Waals surface area contributed by atoms with Crippen LogP contribution in [0.2, 0.25) is 0 Å². The highest BCUT2D eigenvalue weighted by Crippen LogP contribution is 2.34. The van der Waals surface area contributed by atoms with Crippen molar-refractivity contribution in [3.8, 4) is 17.1 Å². The number of nitro groups is 1. The molecule has 8 nitrogen and oxygen atoms in total. The van der Waals surface area contributed by atoms with Crippen LogP contribution in [0.4, 0.5) is 10.8 Å². The summed E-state index contributed by atoms with van der Waals surface area (Å²) < 4.78 is 12.1. The normalized spacial score (nSPS) is 11.2. The van der Waals surface area contributed by atoms with Crippen LogP contribution in [0.15, 0.2) is 64.1 Å². The van der Waals surface area contributed by atoms with E-state index in [-0.39, 0.29) is 5.69 Å². The fourth-order valence-corrected chi connectivity index (χ4v) is 3.46. The van der Waals surface area contributed by atoms with E-state index >= 15 is 0 Å². The lowest BCUT2D eigenvalue weighted by Crippen LogP contribution is -1.92. The predicted octanol–water partition coefficient (Wildman–Crippen LogP) is 4.92. The minimum atomic E-state index is -0.462. The Labute approximate surface area is 163 Å². The molecule has 2 aromatic carbocycles. The summed E-state index contributed by atoms with van der Waals surface area (Å²) in [6, 6.07) is 15.6. The van der Waals surface area contributed by atoms with Crippen molar-refractivity contribution in [3.63, 3.8) is 0 Å². The summed E-state index contributed by atoms with van der Waals surface area (Å²) >= 11 is 1.50. The topological polar surface area (TPSA) is 103 Å². The molecular weight excluding hydrogens is 380 g/mol. The number of nitrogens with one attached hydrogen (secondary N) is 1.